The Hall–Kier alpha value is -2.28. The smallest absolute Gasteiger partial charge is 0.222 e. The molecule has 1 aromatic heterocycles. The lowest BCUT2D eigenvalue weighted by Gasteiger charge is -2.28. The summed E-state index contributed by atoms with van der Waals surface area (Å²) in [7, 11) is 0. The van der Waals surface area contributed by atoms with Crippen LogP contribution in [0.15, 0.2) is 24.3 Å². The Labute approximate surface area is 165 Å². The van der Waals surface area contributed by atoms with Crippen LogP contribution in [0.3, 0.4) is 0 Å². The van der Waals surface area contributed by atoms with Crippen molar-refractivity contribution in [2.75, 3.05) is 13.1 Å². The molecule has 1 saturated carbocycles. The van der Waals surface area contributed by atoms with Crippen LogP contribution in [-0.2, 0) is 30.8 Å². The Bertz CT molecular complexity index is 849. The minimum absolute atomic E-state index is 0.314. The Kier molecular flexibility index (Phi) is 4.84. The second-order valence-electron chi connectivity index (χ2n) is 8.53. The lowest BCUT2D eigenvalue weighted by molar-refractivity contribution is -0.133. The molecule has 2 atom stereocenters. The topological polar surface area (TPSA) is 67.2 Å². The summed E-state index contributed by atoms with van der Waals surface area (Å²) in [5, 5.41) is 12.3. The third-order valence-electron chi connectivity index (χ3n) is 6.67. The predicted octanol–water partition coefficient (Wildman–Crippen LogP) is 2.02. The number of aromatic nitrogens is 4. The molecule has 1 amide bonds. The molecular formula is C21H28N6O. The number of aryl methyl sites for hydroxylation is 1. The second-order valence-corrected chi connectivity index (χ2v) is 8.53. The fourth-order valence-corrected chi connectivity index (χ4v) is 5.15. The van der Waals surface area contributed by atoms with Gasteiger partial charge in [0.25, 0.3) is 0 Å². The number of fused-ring (bicyclic) bond motifs is 3. The van der Waals surface area contributed by atoms with Crippen molar-refractivity contribution in [3.63, 3.8) is 0 Å². The summed E-state index contributed by atoms with van der Waals surface area (Å²) in [5.41, 5.74) is 2.85. The largest absolute Gasteiger partial charge is 0.339 e. The highest BCUT2D eigenvalue weighted by Gasteiger charge is 2.39. The van der Waals surface area contributed by atoms with E-state index in [1.807, 2.05) is 4.68 Å². The van der Waals surface area contributed by atoms with Gasteiger partial charge in [0, 0.05) is 38.6 Å². The van der Waals surface area contributed by atoms with Crippen LogP contribution < -0.4 is 0 Å². The number of hydrogen-bond acceptors (Lipinski definition) is 5. The van der Waals surface area contributed by atoms with E-state index in [4.69, 9.17) is 0 Å². The number of nitrogens with zero attached hydrogens (tertiary/aromatic N) is 6. The zero-order valence-electron chi connectivity index (χ0n) is 16.3. The molecule has 28 heavy (non-hydrogen) atoms. The van der Waals surface area contributed by atoms with Gasteiger partial charge in [0.2, 0.25) is 5.91 Å². The number of piperidine rings is 1. The van der Waals surface area contributed by atoms with Crippen LogP contribution in [-0.4, -0.2) is 55.0 Å². The van der Waals surface area contributed by atoms with Gasteiger partial charge in [-0.05, 0) is 59.6 Å². The summed E-state index contributed by atoms with van der Waals surface area (Å²) >= 11 is 0. The molecule has 3 heterocycles. The zero-order valence-corrected chi connectivity index (χ0v) is 16.3. The average Bonchev–Trinajstić information content (AvgIpc) is 3.45. The highest BCUT2D eigenvalue weighted by molar-refractivity contribution is 5.77. The van der Waals surface area contributed by atoms with Crippen LogP contribution in [0, 0.1) is 5.92 Å². The maximum Gasteiger partial charge on any atom is 0.222 e. The Morgan fingerprint density at radius 2 is 2.07 bits per heavy atom. The first-order valence-corrected chi connectivity index (χ1v) is 10.6. The Balaban J connectivity index is 1.13. The van der Waals surface area contributed by atoms with E-state index in [0.29, 0.717) is 24.9 Å². The molecule has 1 aromatic carbocycles. The van der Waals surface area contributed by atoms with Gasteiger partial charge in [0.15, 0.2) is 5.82 Å². The van der Waals surface area contributed by atoms with Gasteiger partial charge in [-0.15, -0.1) is 5.10 Å². The fraction of sp³-hybridized carbons (Fsp3) is 0.619. The van der Waals surface area contributed by atoms with Crippen molar-refractivity contribution in [3.05, 3.63) is 41.2 Å². The van der Waals surface area contributed by atoms with Crippen molar-refractivity contribution < 1.29 is 4.79 Å². The van der Waals surface area contributed by atoms with Crippen LogP contribution in [0.4, 0.5) is 0 Å². The third kappa shape index (κ3) is 3.55. The van der Waals surface area contributed by atoms with E-state index in [0.717, 1.165) is 50.8 Å². The normalized spacial score (nSPS) is 23.9. The molecule has 2 bridgehead atoms. The SMILES string of the molecule is O=C(CCCn1nnnc1CN1CCc2ccccc2C1)N1CC2CCC1C2. The summed E-state index contributed by atoms with van der Waals surface area (Å²) in [4.78, 5) is 17.1. The van der Waals surface area contributed by atoms with Gasteiger partial charge in [-0.2, -0.15) is 0 Å². The molecule has 148 valence electrons. The van der Waals surface area contributed by atoms with Crippen molar-refractivity contribution in [1.82, 2.24) is 30.0 Å². The molecule has 1 aliphatic carbocycles. The molecule has 5 rings (SSSR count). The second kappa shape index (κ2) is 7.62. The van der Waals surface area contributed by atoms with E-state index in [9.17, 15) is 4.79 Å². The van der Waals surface area contributed by atoms with Crippen molar-refractivity contribution in [3.8, 4) is 0 Å². The maximum absolute atomic E-state index is 12.5. The Morgan fingerprint density at radius 3 is 2.89 bits per heavy atom. The minimum Gasteiger partial charge on any atom is -0.339 e. The van der Waals surface area contributed by atoms with E-state index in [2.05, 4.69) is 49.6 Å². The van der Waals surface area contributed by atoms with Gasteiger partial charge in [-0.3, -0.25) is 9.69 Å². The molecule has 1 saturated heterocycles. The zero-order chi connectivity index (χ0) is 18.9. The first-order chi connectivity index (χ1) is 13.8. The summed E-state index contributed by atoms with van der Waals surface area (Å²) in [6.07, 6.45) is 6.20. The van der Waals surface area contributed by atoms with E-state index >= 15 is 0 Å². The third-order valence-corrected chi connectivity index (χ3v) is 6.67. The molecule has 7 nitrogen and oxygen atoms in total. The van der Waals surface area contributed by atoms with Crippen LogP contribution in [0.1, 0.15) is 49.1 Å². The number of benzene rings is 1. The maximum atomic E-state index is 12.5. The van der Waals surface area contributed by atoms with Crippen molar-refractivity contribution in [1.29, 1.82) is 0 Å². The van der Waals surface area contributed by atoms with Gasteiger partial charge in [0.1, 0.15) is 0 Å². The van der Waals surface area contributed by atoms with Crippen molar-refractivity contribution >= 4 is 5.91 Å². The number of amides is 1. The van der Waals surface area contributed by atoms with Gasteiger partial charge in [-0.1, -0.05) is 24.3 Å². The summed E-state index contributed by atoms with van der Waals surface area (Å²) in [6.45, 7) is 4.42. The predicted molar refractivity (Wildman–Crippen MR) is 104 cm³/mol. The highest BCUT2D eigenvalue weighted by Crippen LogP contribution is 2.37. The Morgan fingerprint density at radius 1 is 1.18 bits per heavy atom. The molecular weight excluding hydrogens is 352 g/mol. The standard InChI is InChI=1S/C21H28N6O/c28-21(26-13-16-7-8-19(26)12-16)6-3-10-27-20(22-23-24-27)15-25-11-9-17-4-1-2-5-18(17)14-25/h1-2,4-5,16,19H,3,6-15H2. The minimum atomic E-state index is 0.314. The number of tetrazole rings is 1. The number of likely N-dealkylation sites (tertiary alicyclic amines) is 1. The molecule has 2 aromatic rings. The first kappa shape index (κ1) is 17.8. The number of carbonyl (C=O) groups excluding carboxylic acids is 1. The summed E-state index contributed by atoms with van der Waals surface area (Å²) in [6, 6.07) is 9.17. The summed E-state index contributed by atoms with van der Waals surface area (Å²) in [5.74, 6) is 1.97. The first-order valence-electron chi connectivity index (χ1n) is 10.6. The van der Waals surface area contributed by atoms with Gasteiger partial charge in [0.05, 0.1) is 6.54 Å². The van der Waals surface area contributed by atoms with Crippen molar-refractivity contribution in [2.24, 2.45) is 5.92 Å². The molecule has 2 fully saturated rings. The van der Waals surface area contributed by atoms with Crippen LogP contribution >= 0.6 is 0 Å². The van der Waals surface area contributed by atoms with Gasteiger partial charge < -0.3 is 4.90 Å². The molecule has 0 radical (unpaired) electrons. The molecule has 0 spiro atoms. The van der Waals surface area contributed by atoms with Gasteiger partial charge >= 0.3 is 0 Å². The number of hydrogen-bond donors (Lipinski definition) is 0. The number of rotatable bonds is 6. The van der Waals surface area contributed by atoms with Gasteiger partial charge in [-0.25, -0.2) is 4.68 Å². The summed E-state index contributed by atoms with van der Waals surface area (Å²) < 4.78 is 1.88. The number of carbonyl (C=O) groups is 1. The molecule has 3 aliphatic rings. The highest BCUT2D eigenvalue weighted by atomic mass is 16.2. The molecule has 2 aliphatic heterocycles. The van der Waals surface area contributed by atoms with Crippen LogP contribution in [0.25, 0.3) is 0 Å². The van der Waals surface area contributed by atoms with E-state index in [-0.39, 0.29) is 0 Å². The molecule has 2 unspecified atom stereocenters. The van der Waals surface area contributed by atoms with E-state index < -0.39 is 0 Å². The fourth-order valence-electron chi connectivity index (χ4n) is 5.15. The quantitative estimate of drug-likeness (QED) is 0.767. The monoisotopic (exact) mass is 380 g/mol. The van der Waals surface area contributed by atoms with Crippen LogP contribution in [0.2, 0.25) is 0 Å². The van der Waals surface area contributed by atoms with E-state index in [1.165, 1.54) is 30.4 Å². The lowest BCUT2D eigenvalue weighted by Crippen LogP contribution is -2.37. The van der Waals surface area contributed by atoms with Crippen molar-refractivity contribution in [2.45, 2.75) is 64.2 Å². The van der Waals surface area contributed by atoms with Crippen LogP contribution in [0.5, 0.6) is 0 Å². The lowest BCUT2D eigenvalue weighted by atomic mass is 10.00. The molecule has 7 heteroatoms. The van der Waals surface area contributed by atoms with E-state index in [1.54, 1.807) is 0 Å². The average molecular weight is 380 g/mol. The molecule has 0 N–H and O–H groups in total.